The summed E-state index contributed by atoms with van der Waals surface area (Å²) in [5.41, 5.74) is -2.27. The Kier molecular flexibility index (Phi) is 5.42. The molecule has 27 heavy (non-hydrogen) atoms. The monoisotopic (exact) mass is 419 g/mol. The van der Waals surface area contributed by atoms with E-state index in [0.29, 0.717) is 29.1 Å². The molecule has 2 aromatic carbocycles. The third-order valence-corrected chi connectivity index (χ3v) is 5.73. The number of benzene rings is 2. The molecular formula is C18H17ClF3NO3S. The molecule has 4 nitrogen and oxygen atoms in total. The molecule has 0 aliphatic carbocycles. The van der Waals surface area contributed by atoms with Crippen molar-refractivity contribution < 1.29 is 25.8 Å². The van der Waals surface area contributed by atoms with Gasteiger partial charge < -0.3 is 9.50 Å². The molecule has 1 aliphatic heterocycles. The average molecular weight is 420 g/mol. The predicted molar refractivity (Wildman–Crippen MR) is 97.5 cm³/mol. The summed E-state index contributed by atoms with van der Waals surface area (Å²) in [5.74, 6) is -0.389. The molecule has 0 radical (unpaired) electrons. The summed E-state index contributed by atoms with van der Waals surface area (Å²) in [4.78, 5) is 0. The van der Waals surface area contributed by atoms with Crippen LogP contribution in [0.25, 0.3) is 11.1 Å². The summed E-state index contributed by atoms with van der Waals surface area (Å²) in [5, 5.41) is 3.59. The van der Waals surface area contributed by atoms with E-state index >= 15 is 0 Å². The van der Waals surface area contributed by atoms with Crippen LogP contribution in [0.5, 0.6) is 5.75 Å². The van der Waals surface area contributed by atoms with Gasteiger partial charge >= 0.3 is 15.6 Å². The summed E-state index contributed by atoms with van der Waals surface area (Å²) in [6, 6.07) is 7.88. The molecule has 0 aromatic heterocycles. The zero-order chi connectivity index (χ0) is 19.8. The lowest BCUT2D eigenvalue weighted by atomic mass is 9.90. The summed E-state index contributed by atoms with van der Waals surface area (Å²) < 4.78 is 66.0. The first kappa shape index (κ1) is 20.0. The summed E-state index contributed by atoms with van der Waals surface area (Å²) in [6.45, 7) is 3.13. The number of fused-ring (bicyclic) bond motifs is 1. The van der Waals surface area contributed by atoms with Gasteiger partial charge in [0.15, 0.2) is 5.75 Å². The Bertz CT molecular complexity index is 975. The van der Waals surface area contributed by atoms with Gasteiger partial charge in [-0.3, -0.25) is 0 Å². The highest BCUT2D eigenvalue weighted by atomic mass is 35.5. The first-order valence-corrected chi connectivity index (χ1v) is 10.0. The molecule has 1 aliphatic rings. The van der Waals surface area contributed by atoms with Gasteiger partial charge in [-0.05, 0) is 61.7 Å². The molecule has 0 spiro atoms. The van der Waals surface area contributed by atoms with Gasteiger partial charge in [-0.1, -0.05) is 29.8 Å². The fourth-order valence-corrected chi connectivity index (χ4v) is 3.95. The Labute approximate surface area is 160 Å². The molecule has 1 N–H and O–H groups in total. The van der Waals surface area contributed by atoms with E-state index in [-0.39, 0.29) is 11.3 Å². The zero-order valence-electron chi connectivity index (χ0n) is 14.4. The number of hydrogen-bond acceptors (Lipinski definition) is 4. The van der Waals surface area contributed by atoms with Crippen LogP contribution >= 0.6 is 11.6 Å². The molecule has 0 saturated carbocycles. The second kappa shape index (κ2) is 7.33. The van der Waals surface area contributed by atoms with Gasteiger partial charge in [0.05, 0.1) is 0 Å². The van der Waals surface area contributed by atoms with Crippen LogP contribution in [0.4, 0.5) is 13.2 Å². The second-order valence-electron chi connectivity index (χ2n) is 6.24. The minimum atomic E-state index is -5.79. The largest absolute Gasteiger partial charge is 0.534 e. The number of alkyl halides is 3. The first-order chi connectivity index (χ1) is 12.6. The smallest absolute Gasteiger partial charge is 0.375 e. The summed E-state index contributed by atoms with van der Waals surface area (Å²) in [7, 11) is -5.79. The number of aryl methyl sites for hydroxylation is 1. The molecule has 0 fully saturated rings. The minimum Gasteiger partial charge on any atom is -0.375 e. The Hall–Kier alpha value is -1.77. The number of rotatable bonds is 3. The number of halogens is 4. The molecule has 0 saturated heterocycles. The van der Waals surface area contributed by atoms with Gasteiger partial charge in [0.2, 0.25) is 0 Å². The van der Waals surface area contributed by atoms with Gasteiger partial charge in [-0.2, -0.15) is 21.6 Å². The molecule has 146 valence electrons. The Morgan fingerprint density at radius 2 is 1.78 bits per heavy atom. The third-order valence-electron chi connectivity index (χ3n) is 4.45. The summed E-state index contributed by atoms with van der Waals surface area (Å²) >= 11 is 6.41. The van der Waals surface area contributed by atoms with Crippen LogP contribution in [0.1, 0.15) is 16.7 Å². The number of hydrogen-bond donors (Lipinski definition) is 1. The van der Waals surface area contributed by atoms with Crippen LogP contribution in [0.3, 0.4) is 0 Å². The van der Waals surface area contributed by atoms with Crippen LogP contribution in [0, 0.1) is 6.92 Å². The maximum absolute atomic E-state index is 12.8. The van der Waals surface area contributed by atoms with Crippen molar-refractivity contribution in [2.24, 2.45) is 0 Å². The van der Waals surface area contributed by atoms with Crippen molar-refractivity contribution in [3.05, 3.63) is 52.0 Å². The molecule has 0 amide bonds. The SMILES string of the molecule is Cc1cccc(OS(=O)(=O)C(F)(F)F)c1-c1c(Cl)ccc2c1CCNCC2. The van der Waals surface area contributed by atoms with Gasteiger partial charge in [-0.15, -0.1) is 0 Å². The maximum Gasteiger partial charge on any atom is 0.534 e. The molecule has 0 atom stereocenters. The zero-order valence-corrected chi connectivity index (χ0v) is 15.9. The van der Waals surface area contributed by atoms with Crippen molar-refractivity contribution in [3.8, 4) is 16.9 Å². The third kappa shape index (κ3) is 3.93. The van der Waals surface area contributed by atoms with E-state index in [0.717, 1.165) is 24.1 Å². The lowest BCUT2D eigenvalue weighted by Crippen LogP contribution is -2.28. The fourth-order valence-electron chi connectivity index (χ4n) is 3.21. The lowest BCUT2D eigenvalue weighted by molar-refractivity contribution is -0.0499. The molecule has 2 aromatic rings. The van der Waals surface area contributed by atoms with Gasteiger partial charge in [0.25, 0.3) is 0 Å². The lowest BCUT2D eigenvalue weighted by Gasteiger charge is -2.20. The van der Waals surface area contributed by atoms with E-state index in [1.807, 2.05) is 6.07 Å². The van der Waals surface area contributed by atoms with Crippen molar-refractivity contribution >= 4 is 21.7 Å². The van der Waals surface area contributed by atoms with E-state index in [1.54, 1.807) is 19.1 Å². The molecule has 3 rings (SSSR count). The first-order valence-electron chi connectivity index (χ1n) is 8.23. The van der Waals surface area contributed by atoms with Gasteiger partial charge in [-0.25, -0.2) is 0 Å². The quantitative estimate of drug-likeness (QED) is 0.597. The van der Waals surface area contributed by atoms with E-state index < -0.39 is 15.6 Å². The average Bonchev–Trinajstić information content (AvgIpc) is 2.80. The predicted octanol–water partition coefficient (Wildman–Crippen LogP) is 4.23. The van der Waals surface area contributed by atoms with Gasteiger partial charge in [0, 0.05) is 16.1 Å². The van der Waals surface area contributed by atoms with Crippen molar-refractivity contribution in [3.63, 3.8) is 0 Å². The van der Waals surface area contributed by atoms with Crippen LogP contribution in [-0.4, -0.2) is 27.0 Å². The van der Waals surface area contributed by atoms with Crippen LogP contribution in [0.15, 0.2) is 30.3 Å². The molecule has 9 heteroatoms. The van der Waals surface area contributed by atoms with E-state index in [2.05, 4.69) is 9.50 Å². The highest BCUT2D eigenvalue weighted by Crippen LogP contribution is 2.43. The maximum atomic E-state index is 12.8. The van der Waals surface area contributed by atoms with Crippen molar-refractivity contribution in [1.82, 2.24) is 5.32 Å². The Morgan fingerprint density at radius 1 is 1.07 bits per heavy atom. The molecular weight excluding hydrogens is 403 g/mol. The highest BCUT2D eigenvalue weighted by molar-refractivity contribution is 7.88. The Morgan fingerprint density at radius 3 is 2.48 bits per heavy atom. The van der Waals surface area contributed by atoms with Crippen molar-refractivity contribution in [2.75, 3.05) is 13.1 Å². The molecule has 0 unspecified atom stereocenters. The normalized spacial score (nSPS) is 15.1. The van der Waals surface area contributed by atoms with Crippen LogP contribution in [-0.2, 0) is 23.0 Å². The second-order valence-corrected chi connectivity index (χ2v) is 8.19. The van der Waals surface area contributed by atoms with E-state index in [1.165, 1.54) is 12.1 Å². The standard InChI is InChI=1S/C18H17ClF3NO3S/c1-11-3-2-4-15(26-27(24,25)18(20,21)22)16(11)17-13-8-10-23-9-7-12(13)5-6-14(17)19/h2-6,23H,7-10H2,1H3. The van der Waals surface area contributed by atoms with Gasteiger partial charge in [0.1, 0.15) is 0 Å². The van der Waals surface area contributed by atoms with Crippen molar-refractivity contribution in [1.29, 1.82) is 0 Å². The number of nitrogens with one attached hydrogen (secondary N) is 1. The van der Waals surface area contributed by atoms with E-state index in [4.69, 9.17) is 11.6 Å². The molecule has 0 bridgehead atoms. The van der Waals surface area contributed by atoms with Crippen LogP contribution in [0.2, 0.25) is 5.02 Å². The Balaban J connectivity index is 2.22. The highest BCUT2D eigenvalue weighted by Gasteiger charge is 2.49. The topological polar surface area (TPSA) is 55.4 Å². The minimum absolute atomic E-state index is 0.258. The fraction of sp³-hybridized carbons (Fsp3) is 0.333. The van der Waals surface area contributed by atoms with Crippen molar-refractivity contribution in [2.45, 2.75) is 25.3 Å². The molecule has 1 heterocycles. The summed E-state index contributed by atoms with van der Waals surface area (Å²) in [6.07, 6.45) is 1.35. The van der Waals surface area contributed by atoms with E-state index in [9.17, 15) is 21.6 Å². The van der Waals surface area contributed by atoms with Crippen LogP contribution < -0.4 is 9.50 Å².